The van der Waals surface area contributed by atoms with Gasteiger partial charge in [-0.2, -0.15) is 0 Å². The van der Waals surface area contributed by atoms with Gasteiger partial charge in [-0.15, -0.1) is 11.3 Å². The molecule has 0 aliphatic carbocycles. The molecule has 1 aromatic carbocycles. The number of nitrogens with zero attached hydrogens (tertiary/aromatic N) is 1. The number of carbonyl (C=O) groups excluding carboxylic acids is 2. The fraction of sp³-hybridized carbons (Fsp3) is 0.333. The number of carbonyl (C=O) groups is 2. The van der Waals surface area contributed by atoms with E-state index in [0.717, 1.165) is 19.4 Å². The van der Waals surface area contributed by atoms with Gasteiger partial charge in [-0.3, -0.25) is 9.59 Å². The van der Waals surface area contributed by atoms with Gasteiger partial charge in [0, 0.05) is 18.7 Å². The number of rotatable bonds is 7. The molecule has 6 heteroatoms. The molecule has 0 fully saturated rings. The molecule has 0 bridgehead atoms. The number of unbranched alkanes of at least 4 members (excludes halogenated alkanes) is 1. The SMILES string of the molecule is CCCCN(CC)C(=O)c1ccc(Cl)c(NC(=O)c2cccs2)c1. The maximum atomic E-state index is 12.6. The van der Waals surface area contributed by atoms with E-state index in [1.54, 1.807) is 29.2 Å². The lowest BCUT2D eigenvalue weighted by molar-refractivity contribution is 0.0762. The summed E-state index contributed by atoms with van der Waals surface area (Å²) in [5.41, 5.74) is 0.978. The third-order valence-corrected chi connectivity index (χ3v) is 4.86. The molecule has 0 radical (unpaired) electrons. The van der Waals surface area contributed by atoms with Crippen molar-refractivity contribution in [2.24, 2.45) is 0 Å². The average Bonchev–Trinajstić information content (AvgIpc) is 3.12. The van der Waals surface area contributed by atoms with Crippen molar-refractivity contribution >= 4 is 40.4 Å². The third-order valence-electron chi connectivity index (χ3n) is 3.66. The average molecular weight is 365 g/mol. The molecule has 4 nitrogen and oxygen atoms in total. The third kappa shape index (κ3) is 4.58. The topological polar surface area (TPSA) is 49.4 Å². The standard InChI is InChI=1S/C18H21ClN2O2S/c1-3-5-10-21(4-2)18(23)13-8-9-14(19)15(12-13)20-17(22)16-7-6-11-24-16/h6-9,11-12H,3-5,10H2,1-2H3,(H,20,22). The summed E-state index contributed by atoms with van der Waals surface area (Å²) >= 11 is 7.52. The molecule has 0 aliphatic rings. The van der Waals surface area contributed by atoms with Gasteiger partial charge in [-0.1, -0.05) is 31.0 Å². The molecule has 2 aromatic rings. The smallest absolute Gasteiger partial charge is 0.265 e. The highest BCUT2D eigenvalue weighted by atomic mass is 35.5. The fourth-order valence-electron chi connectivity index (χ4n) is 2.28. The Balaban J connectivity index is 2.18. The molecular weight excluding hydrogens is 344 g/mol. The summed E-state index contributed by atoms with van der Waals surface area (Å²) in [6.07, 6.45) is 2.00. The number of hydrogen-bond acceptors (Lipinski definition) is 3. The number of anilines is 1. The number of thiophene rings is 1. The molecular formula is C18H21ClN2O2S. The molecule has 24 heavy (non-hydrogen) atoms. The van der Waals surface area contributed by atoms with Crippen molar-refractivity contribution in [2.45, 2.75) is 26.7 Å². The second-order valence-corrected chi connectivity index (χ2v) is 6.72. The van der Waals surface area contributed by atoms with Crippen LogP contribution in [0.1, 0.15) is 46.7 Å². The van der Waals surface area contributed by atoms with E-state index in [2.05, 4.69) is 12.2 Å². The van der Waals surface area contributed by atoms with Crippen LogP contribution in [-0.4, -0.2) is 29.8 Å². The Morgan fingerprint density at radius 2 is 2.04 bits per heavy atom. The number of halogens is 1. The number of benzene rings is 1. The van der Waals surface area contributed by atoms with Crippen LogP contribution in [0, 0.1) is 0 Å². The monoisotopic (exact) mass is 364 g/mol. The van der Waals surface area contributed by atoms with Crippen molar-refractivity contribution in [3.05, 3.63) is 51.2 Å². The molecule has 0 saturated heterocycles. The zero-order valence-electron chi connectivity index (χ0n) is 13.8. The number of nitrogens with one attached hydrogen (secondary N) is 1. The van der Waals surface area contributed by atoms with Crippen LogP contribution in [0.25, 0.3) is 0 Å². The second kappa shape index (κ2) is 8.85. The van der Waals surface area contributed by atoms with E-state index in [9.17, 15) is 9.59 Å². The van der Waals surface area contributed by atoms with Gasteiger partial charge >= 0.3 is 0 Å². The minimum atomic E-state index is -0.227. The Labute approximate surface area is 151 Å². The zero-order valence-corrected chi connectivity index (χ0v) is 15.4. The predicted molar refractivity (Wildman–Crippen MR) is 100 cm³/mol. The Bertz CT molecular complexity index is 701. The molecule has 0 saturated carbocycles. The van der Waals surface area contributed by atoms with Crippen molar-refractivity contribution < 1.29 is 9.59 Å². The fourth-order valence-corrected chi connectivity index (χ4v) is 3.06. The van der Waals surface area contributed by atoms with Crippen molar-refractivity contribution in [1.29, 1.82) is 0 Å². The lowest BCUT2D eigenvalue weighted by Gasteiger charge is -2.21. The Kier molecular flexibility index (Phi) is 6.82. The first-order valence-corrected chi connectivity index (χ1v) is 9.26. The van der Waals surface area contributed by atoms with Gasteiger partial charge in [0.1, 0.15) is 0 Å². The minimum Gasteiger partial charge on any atom is -0.339 e. The molecule has 0 spiro atoms. The summed E-state index contributed by atoms with van der Waals surface area (Å²) in [4.78, 5) is 27.2. The van der Waals surface area contributed by atoms with Gasteiger partial charge in [0.05, 0.1) is 15.6 Å². The van der Waals surface area contributed by atoms with Gasteiger partial charge in [0.25, 0.3) is 11.8 Å². The summed E-state index contributed by atoms with van der Waals surface area (Å²) in [5, 5.41) is 5.02. The van der Waals surface area contributed by atoms with Crippen molar-refractivity contribution in [2.75, 3.05) is 18.4 Å². The summed E-state index contributed by atoms with van der Waals surface area (Å²) in [6, 6.07) is 8.54. The van der Waals surface area contributed by atoms with Gasteiger partial charge in [0.15, 0.2) is 0 Å². The van der Waals surface area contributed by atoms with Crippen LogP contribution in [0.5, 0.6) is 0 Å². The van der Waals surface area contributed by atoms with Crippen LogP contribution in [0.15, 0.2) is 35.7 Å². The van der Waals surface area contributed by atoms with E-state index in [0.29, 0.717) is 27.7 Å². The molecule has 0 aliphatic heterocycles. The van der Waals surface area contributed by atoms with Crippen LogP contribution in [0.3, 0.4) is 0 Å². The number of hydrogen-bond donors (Lipinski definition) is 1. The van der Waals surface area contributed by atoms with Crippen molar-refractivity contribution in [3.63, 3.8) is 0 Å². The molecule has 1 heterocycles. The summed E-state index contributed by atoms with van der Waals surface area (Å²) < 4.78 is 0. The first-order chi connectivity index (χ1) is 11.6. The van der Waals surface area contributed by atoms with E-state index < -0.39 is 0 Å². The van der Waals surface area contributed by atoms with Crippen molar-refractivity contribution in [3.8, 4) is 0 Å². The molecule has 1 aromatic heterocycles. The van der Waals surface area contributed by atoms with Gasteiger partial charge in [0.2, 0.25) is 0 Å². The van der Waals surface area contributed by atoms with Gasteiger partial charge in [-0.25, -0.2) is 0 Å². The maximum absolute atomic E-state index is 12.6. The second-order valence-electron chi connectivity index (χ2n) is 5.36. The van der Waals surface area contributed by atoms with Crippen LogP contribution >= 0.6 is 22.9 Å². The summed E-state index contributed by atoms with van der Waals surface area (Å²) in [6.45, 7) is 5.44. The largest absolute Gasteiger partial charge is 0.339 e. The Morgan fingerprint density at radius 1 is 1.25 bits per heavy atom. The Morgan fingerprint density at radius 3 is 2.67 bits per heavy atom. The molecule has 0 unspecified atom stereocenters. The first-order valence-electron chi connectivity index (χ1n) is 8.00. The van der Waals surface area contributed by atoms with E-state index in [1.165, 1.54) is 11.3 Å². The van der Waals surface area contributed by atoms with Crippen LogP contribution < -0.4 is 5.32 Å². The lowest BCUT2D eigenvalue weighted by atomic mass is 10.1. The van der Waals surface area contributed by atoms with E-state index >= 15 is 0 Å². The quantitative estimate of drug-likeness (QED) is 0.758. The molecule has 128 valence electrons. The predicted octanol–water partition coefficient (Wildman–Crippen LogP) is 4.92. The van der Waals surface area contributed by atoms with Crippen LogP contribution in [0.2, 0.25) is 5.02 Å². The highest BCUT2D eigenvalue weighted by molar-refractivity contribution is 7.12. The summed E-state index contributed by atoms with van der Waals surface area (Å²) in [5.74, 6) is -0.274. The lowest BCUT2D eigenvalue weighted by Crippen LogP contribution is -2.31. The zero-order chi connectivity index (χ0) is 17.5. The first kappa shape index (κ1) is 18.5. The molecule has 0 atom stereocenters. The molecule has 2 rings (SSSR count). The normalized spacial score (nSPS) is 10.5. The van der Waals surface area contributed by atoms with Gasteiger partial charge < -0.3 is 10.2 Å². The van der Waals surface area contributed by atoms with E-state index in [-0.39, 0.29) is 11.8 Å². The highest BCUT2D eigenvalue weighted by Gasteiger charge is 2.16. The minimum absolute atomic E-state index is 0.0470. The maximum Gasteiger partial charge on any atom is 0.265 e. The highest BCUT2D eigenvalue weighted by Crippen LogP contribution is 2.25. The van der Waals surface area contributed by atoms with Crippen molar-refractivity contribution in [1.82, 2.24) is 4.90 Å². The van der Waals surface area contributed by atoms with E-state index in [1.807, 2.05) is 18.4 Å². The number of amides is 2. The van der Waals surface area contributed by atoms with E-state index in [4.69, 9.17) is 11.6 Å². The molecule has 2 amide bonds. The Hall–Kier alpha value is -1.85. The van der Waals surface area contributed by atoms with Crippen LogP contribution in [0.4, 0.5) is 5.69 Å². The molecule has 1 N–H and O–H groups in total. The summed E-state index contributed by atoms with van der Waals surface area (Å²) in [7, 11) is 0. The van der Waals surface area contributed by atoms with Gasteiger partial charge in [-0.05, 0) is 43.0 Å². The van der Waals surface area contributed by atoms with Crippen LogP contribution in [-0.2, 0) is 0 Å².